The van der Waals surface area contributed by atoms with Crippen LogP contribution in [0.25, 0.3) is 0 Å². The summed E-state index contributed by atoms with van der Waals surface area (Å²) in [6.07, 6.45) is 0. The molecule has 0 aliphatic carbocycles. The Morgan fingerprint density at radius 1 is 1.67 bits per heavy atom. The third kappa shape index (κ3) is 0.923. The van der Waals surface area contributed by atoms with Crippen LogP contribution in [-0.4, -0.2) is 35.7 Å². The molecular weight excluding hydrogens is 134 g/mol. The Balaban J connectivity index is 2.16. The summed E-state index contributed by atoms with van der Waals surface area (Å²) >= 11 is 1.86. The number of rotatable bonds is 0. The molecule has 0 radical (unpaired) electrons. The zero-order chi connectivity index (χ0) is 6.10. The van der Waals surface area contributed by atoms with Crippen molar-refractivity contribution in [2.45, 2.75) is 0 Å². The lowest BCUT2D eigenvalue weighted by atomic mass is 10.6. The number of amidine groups is 1. The van der Waals surface area contributed by atoms with Crippen LogP contribution in [0.2, 0.25) is 0 Å². The predicted molar refractivity (Wildman–Crippen MR) is 39.5 cm³/mol. The van der Waals surface area contributed by atoms with Crippen molar-refractivity contribution in [2.75, 3.05) is 25.6 Å². The molecule has 1 N–H and O–H groups in total. The van der Waals surface area contributed by atoms with Crippen LogP contribution in [0.15, 0.2) is 4.99 Å². The molecule has 2 aliphatic rings. The molecule has 3 nitrogen and oxygen atoms in total. The van der Waals surface area contributed by atoms with Crippen LogP contribution in [-0.2, 0) is 0 Å². The Hall–Kier alpha value is -0.220. The zero-order valence-electron chi connectivity index (χ0n) is 5.13. The third-order valence-electron chi connectivity index (χ3n) is 1.49. The highest BCUT2D eigenvalue weighted by Gasteiger charge is 2.20. The summed E-state index contributed by atoms with van der Waals surface area (Å²) in [5, 5.41) is 4.41. The van der Waals surface area contributed by atoms with Crippen molar-refractivity contribution >= 4 is 16.9 Å². The molecule has 0 aromatic carbocycles. The lowest BCUT2D eigenvalue weighted by Gasteiger charge is -2.21. The molecule has 2 rings (SSSR count). The molecular formula is C5H9N3S. The lowest BCUT2D eigenvalue weighted by Crippen LogP contribution is -2.39. The number of nitrogens with one attached hydrogen (secondary N) is 1. The second kappa shape index (κ2) is 2.19. The van der Waals surface area contributed by atoms with Gasteiger partial charge in [0.2, 0.25) is 0 Å². The summed E-state index contributed by atoms with van der Waals surface area (Å²) in [6, 6.07) is 0. The van der Waals surface area contributed by atoms with Crippen molar-refractivity contribution in [3.63, 3.8) is 0 Å². The first kappa shape index (κ1) is 5.56. The lowest BCUT2D eigenvalue weighted by molar-refractivity contribution is 0.396. The van der Waals surface area contributed by atoms with Crippen LogP contribution in [0, 0.1) is 0 Å². The molecule has 2 aliphatic heterocycles. The number of hydrogen-bond donors (Lipinski definition) is 1. The van der Waals surface area contributed by atoms with Crippen LogP contribution >= 0.6 is 11.8 Å². The Labute approximate surface area is 58.5 Å². The minimum Gasteiger partial charge on any atom is -0.338 e. The topological polar surface area (TPSA) is 27.6 Å². The summed E-state index contributed by atoms with van der Waals surface area (Å²) < 4.78 is 0. The monoisotopic (exact) mass is 143 g/mol. The van der Waals surface area contributed by atoms with Crippen LogP contribution in [0.1, 0.15) is 0 Å². The minimum absolute atomic E-state index is 0.804. The molecule has 4 heteroatoms. The van der Waals surface area contributed by atoms with E-state index in [1.54, 1.807) is 0 Å². The molecule has 1 saturated heterocycles. The van der Waals surface area contributed by atoms with Gasteiger partial charge in [-0.3, -0.25) is 5.32 Å². The first-order chi connectivity index (χ1) is 4.47. The fourth-order valence-corrected chi connectivity index (χ4v) is 2.02. The standard InChI is InChI=1S/C5H9N3S/c1-2-9-5-7-3-6-4-8(1)5/h6H,1-4H2. The Morgan fingerprint density at radius 2 is 2.67 bits per heavy atom. The van der Waals surface area contributed by atoms with Gasteiger partial charge in [-0.05, 0) is 0 Å². The van der Waals surface area contributed by atoms with Crippen LogP contribution in [0.4, 0.5) is 0 Å². The van der Waals surface area contributed by atoms with E-state index < -0.39 is 0 Å². The van der Waals surface area contributed by atoms with E-state index in [0.29, 0.717) is 0 Å². The van der Waals surface area contributed by atoms with Crippen LogP contribution in [0.5, 0.6) is 0 Å². The number of thioether (sulfide) groups is 1. The Morgan fingerprint density at radius 3 is 3.56 bits per heavy atom. The second-order valence-corrected chi connectivity index (χ2v) is 3.18. The second-order valence-electron chi connectivity index (χ2n) is 2.12. The highest BCUT2D eigenvalue weighted by Crippen LogP contribution is 2.17. The van der Waals surface area contributed by atoms with Crippen LogP contribution < -0.4 is 5.32 Å². The maximum absolute atomic E-state index is 4.29. The van der Waals surface area contributed by atoms with E-state index in [4.69, 9.17) is 0 Å². The summed E-state index contributed by atoms with van der Waals surface area (Å²) in [7, 11) is 0. The Bertz CT molecular complexity index is 145. The molecule has 0 unspecified atom stereocenters. The largest absolute Gasteiger partial charge is 0.338 e. The predicted octanol–water partition coefficient (Wildman–Crippen LogP) is -0.0906. The average molecular weight is 143 g/mol. The fourth-order valence-electron chi connectivity index (χ4n) is 1.03. The number of hydrogen-bond acceptors (Lipinski definition) is 4. The van der Waals surface area contributed by atoms with E-state index in [2.05, 4.69) is 15.2 Å². The average Bonchev–Trinajstić information content (AvgIpc) is 2.33. The van der Waals surface area contributed by atoms with Gasteiger partial charge in [0.25, 0.3) is 0 Å². The van der Waals surface area contributed by atoms with Crippen molar-refractivity contribution in [1.29, 1.82) is 0 Å². The third-order valence-corrected chi connectivity index (χ3v) is 2.52. The number of aliphatic imine (C=N–C) groups is 1. The van der Waals surface area contributed by atoms with Gasteiger partial charge in [0.05, 0.1) is 13.3 Å². The SMILES string of the molecule is C1N=C2SCCN2CN1. The minimum atomic E-state index is 0.804. The maximum atomic E-state index is 4.29. The van der Waals surface area contributed by atoms with E-state index in [9.17, 15) is 0 Å². The molecule has 0 aromatic heterocycles. The van der Waals surface area contributed by atoms with E-state index >= 15 is 0 Å². The molecule has 1 fully saturated rings. The molecule has 0 aromatic rings. The molecule has 9 heavy (non-hydrogen) atoms. The van der Waals surface area contributed by atoms with E-state index in [-0.39, 0.29) is 0 Å². The normalized spacial score (nSPS) is 25.8. The first-order valence-electron chi connectivity index (χ1n) is 3.10. The van der Waals surface area contributed by atoms with Gasteiger partial charge in [0, 0.05) is 12.3 Å². The van der Waals surface area contributed by atoms with Gasteiger partial charge in [-0.25, -0.2) is 4.99 Å². The van der Waals surface area contributed by atoms with Gasteiger partial charge in [-0.2, -0.15) is 0 Å². The van der Waals surface area contributed by atoms with Crippen molar-refractivity contribution in [3.8, 4) is 0 Å². The maximum Gasteiger partial charge on any atom is 0.161 e. The number of fused-ring (bicyclic) bond motifs is 1. The van der Waals surface area contributed by atoms with E-state index in [1.807, 2.05) is 11.8 Å². The van der Waals surface area contributed by atoms with Gasteiger partial charge in [0.1, 0.15) is 0 Å². The highest BCUT2D eigenvalue weighted by molar-refractivity contribution is 8.14. The zero-order valence-corrected chi connectivity index (χ0v) is 5.95. The molecule has 0 bridgehead atoms. The molecule has 0 saturated carbocycles. The summed E-state index contributed by atoms with van der Waals surface area (Å²) in [6.45, 7) is 2.96. The van der Waals surface area contributed by atoms with Crippen molar-refractivity contribution < 1.29 is 0 Å². The van der Waals surface area contributed by atoms with Gasteiger partial charge in [-0.15, -0.1) is 0 Å². The van der Waals surface area contributed by atoms with Gasteiger partial charge < -0.3 is 4.90 Å². The van der Waals surface area contributed by atoms with Gasteiger partial charge in [0.15, 0.2) is 5.17 Å². The molecule has 0 amide bonds. The quantitative estimate of drug-likeness (QED) is 0.513. The van der Waals surface area contributed by atoms with Gasteiger partial charge in [-0.1, -0.05) is 11.8 Å². The smallest absolute Gasteiger partial charge is 0.161 e. The Kier molecular flexibility index (Phi) is 1.35. The van der Waals surface area contributed by atoms with Gasteiger partial charge >= 0.3 is 0 Å². The molecule has 50 valence electrons. The molecule has 2 heterocycles. The van der Waals surface area contributed by atoms with E-state index in [1.165, 1.54) is 10.9 Å². The van der Waals surface area contributed by atoms with E-state index in [0.717, 1.165) is 19.9 Å². The summed E-state index contributed by atoms with van der Waals surface area (Å²) in [5.41, 5.74) is 0. The number of nitrogens with zero attached hydrogens (tertiary/aromatic N) is 2. The van der Waals surface area contributed by atoms with Crippen LogP contribution in [0.3, 0.4) is 0 Å². The summed E-state index contributed by atoms with van der Waals surface area (Å²) in [5.74, 6) is 1.21. The first-order valence-corrected chi connectivity index (χ1v) is 4.08. The fraction of sp³-hybridized carbons (Fsp3) is 0.800. The van der Waals surface area contributed by atoms with Crippen molar-refractivity contribution in [1.82, 2.24) is 10.2 Å². The van der Waals surface area contributed by atoms with Crippen molar-refractivity contribution in [2.24, 2.45) is 4.99 Å². The molecule has 0 atom stereocenters. The molecule has 0 spiro atoms. The summed E-state index contributed by atoms with van der Waals surface area (Å²) in [4.78, 5) is 6.56. The van der Waals surface area contributed by atoms with Crippen molar-refractivity contribution in [3.05, 3.63) is 0 Å². The highest BCUT2D eigenvalue weighted by atomic mass is 32.2.